The number of carbonyl (C=O) groups is 1. The molecule has 1 fully saturated rings. The minimum Gasteiger partial charge on any atom is -0.310 e. The third-order valence-corrected chi connectivity index (χ3v) is 4.96. The third-order valence-electron chi connectivity index (χ3n) is 3.99. The number of fused-ring (bicyclic) bond motifs is 1. The van der Waals surface area contributed by atoms with E-state index in [0.29, 0.717) is 0 Å². The molecule has 4 rings (SSSR count). The second-order valence-electron chi connectivity index (χ2n) is 5.78. The summed E-state index contributed by atoms with van der Waals surface area (Å²) < 4.78 is 1.90. The number of nitrogens with one attached hydrogen (secondary N) is 1. The first-order valence-electron chi connectivity index (χ1n) is 7.29. The molecule has 2 aromatic rings. The van der Waals surface area contributed by atoms with Crippen LogP contribution in [-0.4, -0.2) is 15.7 Å². The Morgan fingerprint density at radius 1 is 1.38 bits per heavy atom. The SMILES string of the molecule is Cc1cccc(-n2nc3c(c2NC(=O)C2CC2)CSC3)c1. The topological polar surface area (TPSA) is 46.9 Å². The molecule has 1 saturated carbocycles. The van der Waals surface area contributed by atoms with E-state index in [0.717, 1.165) is 41.5 Å². The van der Waals surface area contributed by atoms with Crippen LogP contribution >= 0.6 is 11.8 Å². The first-order valence-corrected chi connectivity index (χ1v) is 8.44. The van der Waals surface area contributed by atoms with Crippen molar-refractivity contribution < 1.29 is 4.79 Å². The molecule has 2 heterocycles. The summed E-state index contributed by atoms with van der Waals surface area (Å²) >= 11 is 1.85. The maximum Gasteiger partial charge on any atom is 0.228 e. The van der Waals surface area contributed by atoms with E-state index < -0.39 is 0 Å². The van der Waals surface area contributed by atoms with Crippen molar-refractivity contribution in [1.29, 1.82) is 0 Å². The lowest BCUT2D eigenvalue weighted by molar-refractivity contribution is -0.117. The van der Waals surface area contributed by atoms with Crippen molar-refractivity contribution in [3.8, 4) is 5.69 Å². The van der Waals surface area contributed by atoms with Crippen LogP contribution in [0.15, 0.2) is 24.3 Å². The zero-order valence-corrected chi connectivity index (χ0v) is 12.7. The largest absolute Gasteiger partial charge is 0.310 e. The molecule has 1 amide bonds. The van der Waals surface area contributed by atoms with Crippen LogP contribution in [0.2, 0.25) is 0 Å². The van der Waals surface area contributed by atoms with Gasteiger partial charge in [0.05, 0.1) is 11.4 Å². The molecule has 5 heteroatoms. The Hall–Kier alpha value is -1.75. The van der Waals surface area contributed by atoms with E-state index in [1.165, 1.54) is 11.1 Å². The van der Waals surface area contributed by atoms with Crippen molar-refractivity contribution in [3.05, 3.63) is 41.1 Å². The van der Waals surface area contributed by atoms with Crippen LogP contribution in [0, 0.1) is 12.8 Å². The Bertz CT molecular complexity index is 718. The maximum atomic E-state index is 12.2. The van der Waals surface area contributed by atoms with Gasteiger partial charge in [-0.3, -0.25) is 4.79 Å². The highest BCUT2D eigenvalue weighted by atomic mass is 32.2. The van der Waals surface area contributed by atoms with Gasteiger partial charge in [-0.05, 0) is 37.5 Å². The molecule has 21 heavy (non-hydrogen) atoms. The fourth-order valence-corrected chi connectivity index (χ4v) is 3.69. The molecule has 1 aromatic heterocycles. The summed E-state index contributed by atoms with van der Waals surface area (Å²) in [6.45, 7) is 2.07. The van der Waals surface area contributed by atoms with Crippen molar-refractivity contribution in [2.75, 3.05) is 5.32 Å². The molecule has 0 unspecified atom stereocenters. The maximum absolute atomic E-state index is 12.2. The summed E-state index contributed by atoms with van der Waals surface area (Å²) in [5.41, 5.74) is 4.50. The fraction of sp³-hybridized carbons (Fsp3) is 0.375. The quantitative estimate of drug-likeness (QED) is 0.946. The van der Waals surface area contributed by atoms with E-state index in [1.807, 2.05) is 28.6 Å². The Labute approximate surface area is 127 Å². The summed E-state index contributed by atoms with van der Waals surface area (Å²) in [5.74, 6) is 3.08. The lowest BCUT2D eigenvalue weighted by Crippen LogP contribution is -2.17. The molecule has 0 bridgehead atoms. The molecule has 0 radical (unpaired) electrons. The Kier molecular flexibility index (Phi) is 3.03. The van der Waals surface area contributed by atoms with Gasteiger partial charge in [0, 0.05) is 23.0 Å². The molecule has 0 spiro atoms. The van der Waals surface area contributed by atoms with Gasteiger partial charge in [-0.1, -0.05) is 12.1 Å². The molecule has 1 aromatic carbocycles. The second kappa shape index (κ2) is 4.91. The number of anilines is 1. The van der Waals surface area contributed by atoms with Crippen molar-refractivity contribution in [3.63, 3.8) is 0 Å². The van der Waals surface area contributed by atoms with Gasteiger partial charge in [0.1, 0.15) is 5.82 Å². The molecule has 108 valence electrons. The van der Waals surface area contributed by atoms with E-state index >= 15 is 0 Å². The summed E-state index contributed by atoms with van der Waals surface area (Å²) in [6.07, 6.45) is 2.03. The molecule has 2 aliphatic rings. The van der Waals surface area contributed by atoms with Gasteiger partial charge in [0.15, 0.2) is 0 Å². The van der Waals surface area contributed by atoms with Crippen molar-refractivity contribution in [1.82, 2.24) is 9.78 Å². The fourth-order valence-electron chi connectivity index (χ4n) is 2.65. The molecular formula is C16H17N3OS. The third kappa shape index (κ3) is 2.35. The lowest BCUT2D eigenvalue weighted by Gasteiger charge is -2.11. The summed E-state index contributed by atoms with van der Waals surface area (Å²) in [6, 6.07) is 8.23. The highest BCUT2D eigenvalue weighted by molar-refractivity contribution is 7.98. The monoisotopic (exact) mass is 299 g/mol. The Balaban J connectivity index is 1.77. The predicted molar refractivity (Wildman–Crippen MR) is 84.7 cm³/mol. The molecule has 1 aliphatic carbocycles. The van der Waals surface area contributed by atoms with Crippen LogP contribution < -0.4 is 5.32 Å². The van der Waals surface area contributed by atoms with Crippen LogP contribution in [0.1, 0.15) is 29.7 Å². The minimum absolute atomic E-state index is 0.142. The lowest BCUT2D eigenvalue weighted by atomic mass is 10.2. The smallest absolute Gasteiger partial charge is 0.228 e. The van der Waals surface area contributed by atoms with Crippen LogP contribution in [0.25, 0.3) is 5.69 Å². The molecule has 4 nitrogen and oxygen atoms in total. The first-order chi connectivity index (χ1) is 10.2. The number of aryl methyl sites for hydroxylation is 1. The predicted octanol–water partition coefficient (Wildman–Crippen LogP) is 3.28. The molecule has 0 saturated heterocycles. The van der Waals surface area contributed by atoms with E-state index in [2.05, 4.69) is 24.4 Å². The number of hydrogen-bond acceptors (Lipinski definition) is 3. The van der Waals surface area contributed by atoms with E-state index in [4.69, 9.17) is 5.10 Å². The minimum atomic E-state index is 0.142. The Morgan fingerprint density at radius 3 is 3.00 bits per heavy atom. The average molecular weight is 299 g/mol. The number of rotatable bonds is 3. The van der Waals surface area contributed by atoms with Gasteiger partial charge in [-0.2, -0.15) is 16.9 Å². The first kappa shape index (κ1) is 13.0. The second-order valence-corrected chi connectivity index (χ2v) is 6.77. The van der Waals surface area contributed by atoms with Gasteiger partial charge in [0.25, 0.3) is 0 Å². The zero-order valence-electron chi connectivity index (χ0n) is 11.9. The standard InChI is InChI=1S/C16H17N3OS/c1-10-3-2-4-12(7-10)19-15(17-16(20)11-5-6-11)13-8-21-9-14(13)18-19/h2-4,7,11H,5-6,8-9H2,1H3,(H,17,20). The van der Waals surface area contributed by atoms with Gasteiger partial charge in [0.2, 0.25) is 5.91 Å². The number of carbonyl (C=O) groups excluding carboxylic acids is 1. The van der Waals surface area contributed by atoms with Crippen LogP contribution in [0.5, 0.6) is 0 Å². The van der Waals surface area contributed by atoms with E-state index in [-0.39, 0.29) is 11.8 Å². The van der Waals surface area contributed by atoms with Crippen molar-refractivity contribution >= 4 is 23.5 Å². The van der Waals surface area contributed by atoms with E-state index in [9.17, 15) is 4.79 Å². The zero-order chi connectivity index (χ0) is 14.4. The van der Waals surface area contributed by atoms with Crippen LogP contribution in [-0.2, 0) is 16.3 Å². The number of amides is 1. The normalized spacial score (nSPS) is 16.8. The van der Waals surface area contributed by atoms with Gasteiger partial charge < -0.3 is 5.32 Å². The molecular weight excluding hydrogens is 282 g/mol. The number of thioether (sulfide) groups is 1. The van der Waals surface area contributed by atoms with Crippen molar-refractivity contribution in [2.45, 2.75) is 31.3 Å². The van der Waals surface area contributed by atoms with Gasteiger partial charge in [-0.15, -0.1) is 0 Å². The number of nitrogens with zero attached hydrogens (tertiary/aromatic N) is 2. The summed E-state index contributed by atoms with van der Waals surface area (Å²) in [5, 5.41) is 7.83. The summed E-state index contributed by atoms with van der Waals surface area (Å²) in [4.78, 5) is 12.2. The van der Waals surface area contributed by atoms with Gasteiger partial charge >= 0.3 is 0 Å². The Morgan fingerprint density at radius 2 is 2.24 bits per heavy atom. The average Bonchev–Trinajstić information content (AvgIpc) is 3.13. The van der Waals surface area contributed by atoms with Crippen LogP contribution in [0.4, 0.5) is 5.82 Å². The number of aromatic nitrogens is 2. The summed E-state index contributed by atoms with van der Waals surface area (Å²) in [7, 11) is 0. The molecule has 1 aliphatic heterocycles. The number of hydrogen-bond donors (Lipinski definition) is 1. The number of benzene rings is 1. The van der Waals surface area contributed by atoms with Crippen molar-refractivity contribution in [2.24, 2.45) is 5.92 Å². The highest BCUT2D eigenvalue weighted by Crippen LogP contribution is 2.37. The highest BCUT2D eigenvalue weighted by Gasteiger charge is 2.32. The molecule has 1 N–H and O–H groups in total. The van der Waals surface area contributed by atoms with Gasteiger partial charge in [-0.25, -0.2) is 4.68 Å². The van der Waals surface area contributed by atoms with E-state index in [1.54, 1.807) is 0 Å². The van der Waals surface area contributed by atoms with Crippen LogP contribution in [0.3, 0.4) is 0 Å². The molecule has 0 atom stereocenters.